The maximum atomic E-state index is 6.13. The number of benzene rings is 2. The van der Waals surface area contributed by atoms with Gasteiger partial charge in [-0.05, 0) is 58.5 Å². The third-order valence-electron chi connectivity index (χ3n) is 2.33. The van der Waals surface area contributed by atoms with Crippen LogP contribution in [0.15, 0.2) is 42.5 Å². The summed E-state index contributed by atoms with van der Waals surface area (Å²) in [4.78, 5) is 0. The number of rotatable bonds is 3. The van der Waals surface area contributed by atoms with Crippen LogP contribution in [0.3, 0.4) is 0 Å². The van der Waals surface area contributed by atoms with Crippen LogP contribution in [-0.2, 0) is 6.54 Å². The van der Waals surface area contributed by atoms with E-state index in [1.54, 1.807) is 0 Å². The Balaban J connectivity index is 2.04. The average Bonchev–Trinajstić information content (AvgIpc) is 2.30. The van der Waals surface area contributed by atoms with Gasteiger partial charge in [0.05, 0.1) is 10.7 Å². The summed E-state index contributed by atoms with van der Waals surface area (Å²) in [6.07, 6.45) is 0. The van der Waals surface area contributed by atoms with Crippen LogP contribution in [0.5, 0.6) is 0 Å². The highest BCUT2D eigenvalue weighted by atomic mass is 127. The van der Waals surface area contributed by atoms with Crippen molar-refractivity contribution in [1.82, 2.24) is 0 Å². The molecule has 0 fully saturated rings. The van der Waals surface area contributed by atoms with Gasteiger partial charge < -0.3 is 5.32 Å². The van der Waals surface area contributed by atoms with Gasteiger partial charge in [0.1, 0.15) is 0 Å². The summed E-state index contributed by atoms with van der Waals surface area (Å²) in [5, 5.41) is 4.79. The quantitative estimate of drug-likeness (QED) is 0.724. The molecule has 4 heteroatoms. The first-order chi connectivity index (χ1) is 8.15. The molecule has 0 aliphatic carbocycles. The summed E-state index contributed by atoms with van der Waals surface area (Å²) in [7, 11) is 0. The molecule has 2 rings (SSSR count). The molecule has 0 bridgehead atoms. The Morgan fingerprint density at radius 1 is 1.00 bits per heavy atom. The Bertz CT molecular complexity index is 511. The van der Waals surface area contributed by atoms with Gasteiger partial charge in [0, 0.05) is 15.1 Å². The third-order valence-corrected chi connectivity index (χ3v) is 3.56. The Morgan fingerprint density at radius 3 is 2.35 bits per heavy atom. The van der Waals surface area contributed by atoms with E-state index in [0.717, 1.165) is 25.8 Å². The second-order valence-corrected chi connectivity index (χ2v) is 5.69. The van der Waals surface area contributed by atoms with E-state index in [-0.39, 0.29) is 0 Å². The zero-order chi connectivity index (χ0) is 12.3. The second-order valence-electron chi connectivity index (χ2n) is 3.60. The van der Waals surface area contributed by atoms with Crippen LogP contribution in [0.25, 0.3) is 0 Å². The molecule has 2 aromatic carbocycles. The van der Waals surface area contributed by atoms with Gasteiger partial charge in [0.2, 0.25) is 0 Å². The maximum absolute atomic E-state index is 6.13. The van der Waals surface area contributed by atoms with Crippen LogP contribution < -0.4 is 5.32 Å². The van der Waals surface area contributed by atoms with Crippen molar-refractivity contribution < 1.29 is 0 Å². The first kappa shape index (κ1) is 13.0. The summed E-state index contributed by atoms with van der Waals surface area (Å²) in [5.74, 6) is 0. The van der Waals surface area contributed by atoms with Gasteiger partial charge in [0.15, 0.2) is 0 Å². The smallest absolute Gasteiger partial charge is 0.0648 e. The van der Waals surface area contributed by atoms with Crippen LogP contribution in [0.2, 0.25) is 10.0 Å². The minimum absolute atomic E-state index is 0.734. The molecule has 0 saturated carbocycles. The Kier molecular flexibility index (Phi) is 4.54. The van der Waals surface area contributed by atoms with Crippen molar-refractivity contribution in [3.05, 3.63) is 61.6 Å². The molecule has 0 atom stereocenters. The van der Waals surface area contributed by atoms with E-state index in [4.69, 9.17) is 23.2 Å². The van der Waals surface area contributed by atoms with Crippen molar-refractivity contribution >= 4 is 51.5 Å². The Labute approximate surface area is 124 Å². The van der Waals surface area contributed by atoms with Gasteiger partial charge in [-0.3, -0.25) is 0 Å². The van der Waals surface area contributed by atoms with Crippen LogP contribution in [0, 0.1) is 3.57 Å². The summed E-state index contributed by atoms with van der Waals surface area (Å²) in [5.41, 5.74) is 2.12. The number of hydrogen-bond acceptors (Lipinski definition) is 1. The van der Waals surface area contributed by atoms with Gasteiger partial charge >= 0.3 is 0 Å². The van der Waals surface area contributed by atoms with Crippen molar-refractivity contribution in [2.45, 2.75) is 6.54 Å². The zero-order valence-corrected chi connectivity index (χ0v) is 12.6. The van der Waals surface area contributed by atoms with E-state index in [1.807, 2.05) is 42.5 Å². The standard InChI is InChI=1S/C13H10Cl2IN/c14-10-3-1-9(2-4-10)8-17-13-6-5-11(16)7-12(13)15/h1-7,17H,8H2. The molecule has 0 aromatic heterocycles. The van der Waals surface area contributed by atoms with Gasteiger partial charge in [0.25, 0.3) is 0 Å². The van der Waals surface area contributed by atoms with Gasteiger partial charge in [-0.1, -0.05) is 35.3 Å². The van der Waals surface area contributed by atoms with E-state index >= 15 is 0 Å². The van der Waals surface area contributed by atoms with Crippen LogP contribution in [-0.4, -0.2) is 0 Å². The lowest BCUT2D eigenvalue weighted by atomic mass is 10.2. The van der Waals surface area contributed by atoms with E-state index < -0.39 is 0 Å². The molecule has 0 radical (unpaired) electrons. The summed E-state index contributed by atoms with van der Waals surface area (Å²) < 4.78 is 1.13. The number of nitrogens with one attached hydrogen (secondary N) is 1. The van der Waals surface area contributed by atoms with Gasteiger partial charge in [-0.25, -0.2) is 0 Å². The van der Waals surface area contributed by atoms with E-state index in [2.05, 4.69) is 27.9 Å². The lowest BCUT2D eigenvalue weighted by Crippen LogP contribution is -1.99. The lowest BCUT2D eigenvalue weighted by Gasteiger charge is -2.08. The summed E-state index contributed by atoms with van der Waals surface area (Å²) in [6.45, 7) is 0.734. The molecule has 1 N–H and O–H groups in total. The van der Waals surface area contributed by atoms with Crippen molar-refractivity contribution in [3.8, 4) is 0 Å². The molecule has 0 amide bonds. The Hall–Kier alpha value is -0.450. The van der Waals surface area contributed by atoms with E-state index in [1.165, 1.54) is 5.56 Å². The van der Waals surface area contributed by atoms with Crippen molar-refractivity contribution in [2.24, 2.45) is 0 Å². The molecular weight excluding hydrogens is 368 g/mol. The topological polar surface area (TPSA) is 12.0 Å². The minimum Gasteiger partial charge on any atom is -0.380 e. The van der Waals surface area contributed by atoms with Crippen LogP contribution in [0.1, 0.15) is 5.56 Å². The first-order valence-electron chi connectivity index (χ1n) is 5.08. The van der Waals surface area contributed by atoms with E-state index in [9.17, 15) is 0 Å². The zero-order valence-electron chi connectivity index (χ0n) is 8.88. The molecule has 0 spiro atoms. The third kappa shape index (κ3) is 3.76. The fraction of sp³-hybridized carbons (Fsp3) is 0.0769. The lowest BCUT2D eigenvalue weighted by molar-refractivity contribution is 1.15. The fourth-order valence-corrected chi connectivity index (χ4v) is 2.48. The van der Waals surface area contributed by atoms with Crippen LogP contribution in [0.4, 0.5) is 5.69 Å². The van der Waals surface area contributed by atoms with E-state index in [0.29, 0.717) is 0 Å². The Morgan fingerprint density at radius 2 is 1.71 bits per heavy atom. The van der Waals surface area contributed by atoms with Crippen molar-refractivity contribution in [1.29, 1.82) is 0 Å². The highest BCUT2D eigenvalue weighted by molar-refractivity contribution is 14.1. The maximum Gasteiger partial charge on any atom is 0.0648 e. The molecule has 17 heavy (non-hydrogen) atoms. The molecule has 1 nitrogen and oxygen atoms in total. The SMILES string of the molecule is Clc1ccc(CNc2ccc(I)cc2Cl)cc1. The fourth-order valence-electron chi connectivity index (χ4n) is 1.43. The van der Waals surface area contributed by atoms with Crippen molar-refractivity contribution in [2.75, 3.05) is 5.32 Å². The van der Waals surface area contributed by atoms with Gasteiger partial charge in [-0.15, -0.1) is 0 Å². The van der Waals surface area contributed by atoms with Crippen LogP contribution >= 0.6 is 45.8 Å². The monoisotopic (exact) mass is 377 g/mol. The molecule has 0 aliphatic heterocycles. The summed E-state index contributed by atoms with van der Waals surface area (Å²) in [6, 6.07) is 13.7. The minimum atomic E-state index is 0.734. The molecule has 88 valence electrons. The number of halogens is 3. The number of hydrogen-bond donors (Lipinski definition) is 1. The number of anilines is 1. The molecular formula is C13H10Cl2IN. The van der Waals surface area contributed by atoms with Crippen molar-refractivity contribution in [3.63, 3.8) is 0 Å². The molecule has 0 saturated heterocycles. The highest BCUT2D eigenvalue weighted by Gasteiger charge is 2.00. The largest absolute Gasteiger partial charge is 0.380 e. The average molecular weight is 378 g/mol. The first-order valence-corrected chi connectivity index (χ1v) is 6.92. The highest BCUT2D eigenvalue weighted by Crippen LogP contribution is 2.24. The molecule has 0 aliphatic rings. The molecule has 0 heterocycles. The molecule has 0 unspecified atom stereocenters. The normalized spacial score (nSPS) is 10.3. The predicted molar refractivity (Wildman–Crippen MR) is 82.9 cm³/mol. The second kappa shape index (κ2) is 5.94. The predicted octanol–water partition coefficient (Wildman–Crippen LogP) is 5.21. The van der Waals surface area contributed by atoms with Gasteiger partial charge in [-0.2, -0.15) is 0 Å². The molecule has 2 aromatic rings. The summed E-state index contributed by atoms with van der Waals surface area (Å²) >= 11 is 14.2.